The molecule has 6 heteroatoms. The predicted molar refractivity (Wildman–Crippen MR) is 99.0 cm³/mol. The monoisotopic (exact) mass is 354 g/mol. The summed E-state index contributed by atoms with van der Waals surface area (Å²) in [6.07, 6.45) is 0. The van der Waals surface area contributed by atoms with Crippen LogP contribution in [0, 0.1) is 12.7 Å². The van der Waals surface area contributed by atoms with Crippen LogP contribution in [0.15, 0.2) is 47.3 Å². The fourth-order valence-corrected chi connectivity index (χ4v) is 2.87. The molecule has 0 aliphatic rings. The number of nitrogens with one attached hydrogen (secondary N) is 2. The number of hydrogen-bond acceptors (Lipinski definition) is 4. The van der Waals surface area contributed by atoms with Gasteiger partial charge in [-0.25, -0.2) is 9.18 Å². The molecule has 2 N–H and O–H groups in total. The van der Waals surface area contributed by atoms with Crippen molar-refractivity contribution in [3.05, 3.63) is 75.3 Å². The van der Waals surface area contributed by atoms with Crippen LogP contribution in [0.2, 0.25) is 0 Å². The number of H-pyrrole nitrogens is 1. The van der Waals surface area contributed by atoms with E-state index in [4.69, 9.17) is 4.74 Å². The van der Waals surface area contributed by atoms with Crippen LogP contribution in [0.1, 0.15) is 28.4 Å². The zero-order valence-corrected chi connectivity index (χ0v) is 14.6. The molecular formula is C20H19FN2O3. The van der Waals surface area contributed by atoms with Gasteiger partial charge in [-0.05, 0) is 25.5 Å². The third kappa shape index (κ3) is 3.31. The summed E-state index contributed by atoms with van der Waals surface area (Å²) in [5.74, 6) is -1.07. The average molecular weight is 354 g/mol. The highest BCUT2D eigenvalue weighted by Gasteiger charge is 2.21. The molecule has 0 atom stereocenters. The number of pyridine rings is 1. The molecular weight excluding hydrogens is 335 g/mol. The highest BCUT2D eigenvalue weighted by molar-refractivity contribution is 6.05. The lowest BCUT2D eigenvalue weighted by atomic mass is 10.1. The quantitative estimate of drug-likeness (QED) is 0.684. The largest absolute Gasteiger partial charge is 0.462 e. The summed E-state index contributed by atoms with van der Waals surface area (Å²) in [4.78, 5) is 27.6. The van der Waals surface area contributed by atoms with E-state index in [9.17, 15) is 14.0 Å². The highest BCUT2D eigenvalue weighted by atomic mass is 19.1. The van der Waals surface area contributed by atoms with Gasteiger partial charge in [0.15, 0.2) is 0 Å². The van der Waals surface area contributed by atoms with E-state index in [0.29, 0.717) is 22.2 Å². The molecule has 0 fully saturated rings. The number of para-hydroxylation sites is 1. The van der Waals surface area contributed by atoms with Crippen molar-refractivity contribution in [3.63, 3.8) is 0 Å². The normalized spacial score (nSPS) is 10.7. The van der Waals surface area contributed by atoms with E-state index < -0.39 is 11.5 Å². The van der Waals surface area contributed by atoms with Crippen molar-refractivity contribution < 1.29 is 13.9 Å². The standard InChI is InChI=1S/C20H19FN2O3/c1-3-26-20(25)16-18(22-11-13-8-4-5-10-15(13)21)14-9-6-7-12(2)17(14)23-19(16)24/h4-10H,3,11H2,1-2H3,(H2,22,23,24). The van der Waals surface area contributed by atoms with Gasteiger partial charge in [-0.2, -0.15) is 0 Å². The second-order valence-electron chi connectivity index (χ2n) is 5.87. The third-order valence-corrected chi connectivity index (χ3v) is 4.15. The van der Waals surface area contributed by atoms with E-state index in [2.05, 4.69) is 10.3 Å². The lowest BCUT2D eigenvalue weighted by Crippen LogP contribution is -2.23. The maximum absolute atomic E-state index is 13.9. The minimum absolute atomic E-state index is 0.110. The summed E-state index contributed by atoms with van der Waals surface area (Å²) in [7, 11) is 0. The summed E-state index contributed by atoms with van der Waals surface area (Å²) in [5, 5.41) is 3.73. The molecule has 2 aromatic carbocycles. The van der Waals surface area contributed by atoms with E-state index in [0.717, 1.165) is 5.56 Å². The Labute approximate surface area is 149 Å². The SMILES string of the molecule is CCOC(=O)c1c(NCc2ccccc2F)c2cccc(C)c2[nH]c1=O. The number of aromatic nitrogens is 1. The second kappa shape index (κ2) is 7.39. The third-order valence-electron chi connectivity index (χ3n) is 4.15. The van der Waals surface area contributed by atoms with Gasteiger partial charge in [-0.3, -0.25) is 4.79 Å². The molecule has 0 saturated carbocycles. The number of aryl methyl sites for hydroxylation is 1. The maximum Gasteiger partial charge on any atom is 0.345 e. The van der Waals surface area contributed by atoms with Crippen LogP contribution in [0.25, 0.3) is 10.9 Å². The van der Waals surface area contributed by atoms with Gasteiger partial charge < -0.3 is 15.0 Å². The predicted octanol–water partition coefficient (Wildman–Crippen LogP) is 3.76. The molecule has 1 aromatic heterocycles. The Hall–Kier alpha value is -3.15. The van der Waals surface area contributed by atoms with Gasteiger partial charge in [0.05, 0.1) is 17.8 Å². The Morgan fingerprint density at radius 3 is 2.69 bits per heavy atom. The first-order valence-corrected chi connectivity index (χ1v) is 8.33. The van der Waals surface area contributed by atoms with Crippen molar-refractivity contribution in [3.8, 4) is 0 Å². The van der Waals surface area contributed by atoms with E-state index in [1.165, 1.54) is 6.07 Å². The number of rotatable bonds is 5. The molecule has 0 saturated heterocycles. The van der Waals surface area contributed by atoms with E-state index in [1.54, 1.807) is 31.2 Å². The number of ether oxygens (including phenoxy) is 1. The molecule has 3 rings (SSSR count). The van der Waals surface area contributed by atoms with Gasteiger partial charge >= 0.3 is 5.97 Å². The van der Waals surface area contributed by atoms with Crippen LogP contribution in [-0.4, -0.2) is 17.6 Å². The molecule has 1 heterocycles. The molecule has 0 bridgehead atoms. The van der Waals surface area contributed by atoms with Gasteiger partial charge in [-0.1, -0.05) is 36.4 Å². The number of hydrogen-bond donors (Lipinski definition) is 2. The van der Waals surface area contributed by atoms with Crippen molar-refractivity contribution >= 4 is 22.6 Å². The molecule has 0 spiro atoms. The first-order chi connectivity index (χ1) is 12.5. The lowest BCUT2D eigenvalue weighted by Gasteiger charge is -2.15. The number of carbonyl (C=O) groups excluding carboxylic acids is 1. The van der Waals surface area contributed by atoms with Crippen LogP contribution >= 0.6 is 0 Å². The second-order valence-corrected chi connectivity index (χ2v) is 5.87. The fourth-order valence-electron chi connectivity index (χ4n) is 2.87. The van der Waals surface area contributed by atoms with Crippen molar-refractivity contribution in [1.82, 2.24) is 4.98 Å². The Morgan fingerprint density at radius 1 is 1.19 bits per heavy atom. The van der Waals surface area contributed by atoms with Crippen LogP contribution in [-0.2, 0) is 11.3 Å². The molecule has 5 nitrogen and oxygen atoms in total. The van der Waals surface area contributed by atoms with Gasteiger partial charge in [0.2, 0.25) is 0 Å². The lowest BCUT2D eigenvalue weighted by molar-refractivity contribution is 0.0525. The van der Waals surface area contributed by atoms with Crippen LogP contribution in [0.3, 0.4) is 0 Å². The number of aromatic amines is 1. The van der Waals surface area contributed by atoms with E-state index >= 15 is 0 Å². The Bertz CT molecular complexity index is 1030. The fraction of sp³-hybridized carbons (Fsp3) is 0.200. The summed E-state index contributed by atoms with van der Waals surface area (Å²) in [5.41, 5.74) is 1.62. The molecule has 3 aromatic rings. The van der Waals surface area contributed by atoms with Crippen LogP contribution < -0.4 is 10.9 Å². The van der Waals surface area contributed by atoms with Crippen LogP contribution in [0.4, 0.5) is 10.1 Å². The van der Waals surface area contributed by atoms with Crippen LogP contribution in [0.5, 0.6) is 0 Å². The minimum atomic E-state index is -0.715. The first kappa shape index (κ1) is 17.7. The van der Waals surface area contributed by atoms with Crippen molar-refractivity contribution in [2.45, 2.75) is 20.4 Å². The molecule has 134 valence electrons. The summed E-state index contributed by atoms with van der Waals surface area (Å²) in [6.45, 7) is 3.81. The van der Waals surface area contributed by atoms with E-state index in [-0.39, 0.29) is 24.5 Å². The van der Waals surface area contributed by atoms with Crippen molar-refractivity contribution in [2.24, 2.45) is 0 Å². The Kier molecular flexibility index (Phi) is 5.02. The molecule has 0 radical (unpaired) electrons. The number of benzene rings is 2. The molecule has 0 aliphatic heterocycles. The first-order valence-electron chi connectivity index (χ1n) is 8.33. The topological polar surface area (TPSA) is 71.2 Å². The number of fused-ring (bicyclic) bond motifs is 1. The number of carbonyl (C=O) groups is 1. The number of halogens is 1. The minimum Gasteiger partial charge on any atom is -0.462 e. The number of esters is 1. The van der Waals surface area contributed by atoms with Gasteiger partial charge in [0.25, 0.3) is 5.56 Å². The molecule has 0 amide bonds. The van der Waals surface area contributed by atoms with Gasteiger partial charge in [0.1, 0.15) is 11.4 Å². The highest BCUT2D eigenvalue weighted by Crippen LogP contribution is 2.27. The maximum atomic E-state index is 13.9. The zero-order chi connectivity index (χ0) is 18.7. The number of anilines is 1. The molecule has 0 aliphatic carbocycles. The van der Waals surface area contributed by atoms with Crippen molar-refractivity contribution in [1.29, 1.82) is 0 Å². The van der Waals surface area contributed by atoms with Gasteiger partial charge in [-0.15, -0.1) is 0 Å². The van der Waals surface area contributed by atoms with E-state index in [1.807, 2.05) is 19.1 Å². The molecule has 0 unspecified atom stereocenters. The summed E-state index contributed by atoms with van der Waals surface area (Å²) < 4.78 is 19.0. The average Bonchev–Trinajstić information content (AvgIpc) is 2.61. The zero-order valence-electron chi connectivity index (χ0n) is 14.6. The van der Waals surface area contributed by atoms with Gasteiger partial charge in [0, 0.05) is 17.5 Å². The molecule has 26 heavy (non-hydrogen) atoms. The summed E-state index contributed by atoms with van der Waals surface area (Å²) >= 11 is 0. The van der Waals surface area contributed by atoms with Crippen molar-refractivity contribution in [2.75, 3.05) is 11.9 Å². The smallest absolute Gasteiger partial charge is 0.345 e. The summed E-state index contributed by atoms with van der Waals surface area (Å²) in [6, 6.07) is 11.8. The Balaban J connectivity index is 2.15. The Morgan fingerprint density at radius 2 is 1.96 bits per heavy atom.